The molecule has 1 unspecified atom stereocenters. The highest BCUT2D eigenvalue weighted by Gasteiger charge is 2.20. The van der Waals surface area contributed by atoms with Gasteiger partial charge in [0.05, 0.1) is 6.10 Å². The zero-order valence-corrected chi connectivity index (χ0v) is 7.44. The third-order valence-corrected chi connectivity index (χ3v) is 1.67. The van der Waals surface area contributed by atoms with Gasteiger partial charge in [-0.25, -0.2) is 0 Å². The molecule has 0 aromatic heterocycles. The molecule has 2 nitrogen and oxygen atoms in total. The van der Waals surface area contributed by atoms with Crippen molar-refractivity contribution in [3.63, 3.8) is 0 Å². The molecule has 0 saturated heterocycles. The van der Waals surface area contributed by atoms with Gasteiger partial charge in [-0.05, 0) is 25.4 Å². The van der Waals surface area contributed by atoms with Crippen LogP contribution in [0.1, 0.15) is 27.2 Å². The van der Waals surface area contributed by atoms with Crippen molar-refractivity contribution >= 4 is 0 Å². The fraction of sp³-hybridized carbons (Fsp3) is 1.00. The van der Waals surface area contributed by atoms with Crippen LogP contribution >= 0.6 is 0 Å². The lowest BCUT2D eigenvalue weighted by Gasteiger charge is -2.25. The van der Waals surface area contributed by atoms with Crippen molar-refractivity contribution in [1.82, 2.24) is 5.32 Å². The molecule has 0 heterocycles. The molecular formula is C8H19NO. The Morgan fingerprint density at radius 3 is 2.20 bits per heavy atom. The number of nitrogens with one attached hydrogen (secondary N) is 1. The summed E-state index contributed by atoms with van der Waals surface area (Å²) in [7, 11) is 1.90. The van der Waals surface area contributed by atoms with Gasteiger partial charge in [0.1, 0.15) is 0 Å². The molecule has 1 atom stereocenters. The van der Waals surface area contributed by atoms with Gasteiger partial charge in [0.25, 0.3) is 0 Å². The van der Waals surface area contributed by atoms with Crippen molar-refractivity contribution in [2.24, 2.45) is 5.41 Å². The highest BCUT2D eigenvalue weighted by molar-refractivity contribution is 4.72. The van der Waals surface area contributed by atoms with Crippen molar-refractivity contribution < 1.29 is 5.11 Å². The minimum Gasteiger partial charge on any atom is -0.393 e. The molecule has 62 valence electrons. The van der Waals surface area contributed by atoms with Crippen LogP contribution in [-0.2, 0) is 0 Å². The average molecular weight is 145 g/mol. The van der Waals surface area contributed by atoms with E-state index in [0.29, 0.717) is 0 Å². The van der Waals surface area contributed by atoms with Crippen molar-refractivity contribution in [2.45, 2.75) is 33.3 Å². The standard InChI is InChI=1S/C8H19NO/c1-8(2,3)7(10)5-6-9-4/h7,9-10H,5-6H2,1-4H3. The molecule has 0 rings (SSSR count). The van der Waals surface area contributed by atoms with Crippen LogP contribution in [0.4, 0.5) is 0 Å². The van der Waals surface area contributed by atoms with Gasteiger partial charge in [0.2, 0.25) is 0 Å². The maximum absolute atomic E-state index is 9.48. The van der Waals surface area contributed by atoms with Gasteiger partial charge in [-0.2, -0.15) is 0 Å². The van der Waals surface area contributed by atoms with Gasteiger partial charge in [-0.1, -0.05) is 20.8 Å². The molecule has 0 bridgehead atoms. The van der Waals surface area contributed by atoms with E-state index < -0.39 is 0 Å². The molecule has 0 aliphatic carbocycles. The van der Waals surface area contributed by atoms with E-state index in [9.17, 15) is 5.11 Å². The molecule has 0 aromatic rings. The molecule has 0 spiro atoms. The Kier molecular flexibility index (Phi) is 3.91. The number of hydrogen-bond donors (Lipinski definition) is 2. The Balaban J connectivity index is 3.52. The summed E-state index contributed by atoms with van der Waals surface area (Å²) >= 11 is 0. The Morgan fingerprint density at radius 1 is 1.40 bits per heavy atom. The first-order chi connectivity index (χ1) is 4.48. The second-order valence-corrected chi connectivity index (χ2v) is 3.77. The molecule has 0 fully saturated rings. The van der Waals surface area contributed by atoms with Crippen LogP contribution in [0.25, 0.3) is 0 Å². The number of rotatable bonds is 3. The smallest absolute Gasteiger partial charge is 0.0600 e. The normalized spacial score (nSPS) is 15.3. The minimum atomic E-state index is -0.194. The van der Waals surface area contributed by atoms with Crippen LogP contribution in [0.5, 0.6) is 0 Å². The minimum absolute atomic E-state index is 0.0247. The Morgan fingerprint density at radius 2 is 1.90 bits per heavy atom. The summed E-state index contributed by atoms with van der Waals surface area (Å²) in [5, 5.41) is 12.5. The lowest BCUT2D eigenvalue weighted by Crippen LogP contribution is -2.29. The maximum atomic E-state index is 9.48. The van der Waals surface area contributed by atoms with Crippen molar-refractivity contribution in [1.29, 1.82) is 0 Å². The predicted octanol–water partition coefficient (Wildman–Crippen LogP) is 1.00. The molecule has 10 heavy (non-hydrogen) atoms. The van der Waals surface area contributed by atoms with E-state index in [-0.39, 0.29) is 11.5 Å². The monoisotopic (exact) mass is 145 g/mol. The Labute approximate surface area is 63.6 Å². The van der Waals surface area contributed by atoms with E-state index in [1.54, 1.807) is 0 Å². The predicted molar refractivity (Wildman–Crippen MR) is 44.0 cm³/mol. The van der Waals surface area contributed by atoms with Crippen LogP contribution in [0.2, 0.25) is 0 Å². The Hall–Kier alpha value is -0.0800. The molecule has 0 aromatic carbocycles. The van der Waals surface area contributed by atoms with Crippen LogP contribution in [-0.4, -0.2) is 24.8 Å². The third kappa shape index (κ3) is 3.85. The zero-order chi connectivity index (χ0) is 8.20. The molecule has 0 aliphatic rings. The molecule has 2 heteroatoms. The summed E-state index contributed by atoms with van der Waals surface area (Å²) in [5.41, 5.74) is 0.0247. The van der Waals surface area contributed by atoms with Gasteiger partial charge >= 0.3 is 0 Å². The lowest BCUT2D eigenvalue weighted by atomic mass is 9.87. The van der Waals surface area contributed by atoms with E-state index >= 15 is 0 Å². The molecule has 0 radical (unpaired) electrons. The Bertz CT molecular complexity index is 85.7. The van der Waals surface area contributed by atoms with Crippen molar-refractivity contribution in [3.05, 3.63) is 0 Å². The van der Waals surface area contributed by atoms with Crippen LogP contribution < -0.4 is 5.32 Å². The van der Waals surface area contributed by atoms with Crippen molar-refractivity contribution in [2.75, 3.05) is 13.6 Å². The maximum Gasteiger partial charge on any atom is 0.0600 e. The first-order valence-electron chi connectivity index (χ1n) is 3.81. The van der Waals surface area contributed by atoms with Crippen molar-refractivity contribution in [3.8, 4) is 0 Å². The largest absolute Gasteiger partial charge is 0.393 e. The molecular weight excluding hydrogens is 126 g/mol. The van der Waals surface area contributed by atoms with Gasteiger partial charge in [-0.3, -0.25) is 0 Å². The average Bonchev–Trinajstić information content (AvgIpc) is 1.80. The summed E-state index contributed by atoms with van der Waals surface area (Å²) in [5.74, 6) is 0. The summed E-state index contributed by atoms with van der Waals surface area (Å²) in [6.07, 6.45) is 0.639. The molecule has 0 saturated carbocycles. The first-order valence-corrected chi connectivity index (χ1v) is 3.81. The quantitative estimate of drug-likeness (QED) is 0.621. The second kappa shape index (κ2) is 3.94. The van der Waals surface area contributed by atoms with E-state index in [2.05, 4.69) is 5.32 Å². The first kappa shape index (κ1) is 9.92. The summed E-state index contributed by atoms with van der Waals surface area (Å²) in [6.45, 7) is 7.03. The summed E-state index contributed by atoms with van der Waals surface area (Å²) in [6, 6.07) is 0. The number of aliphatic hydroxyl groups is 1. The summed E-state index contributed by atoms with van der Waals surface area (Å²) < 4.78 is 0. The van der Waals surface area contributed by atoms with Crippen LogP contribution in [0, 0.1) is 5.41 Å². The van der Waals surface area contributed by atoms with Crippen LogP contribution in [0.3, 0.4) is 0 Å². The molecule has 0 aliphatic heterocycles. The molecule has 0 amide bonds. The topological polar surface area (TPSA) is 32.3 Å². The third-order valence-electron chi connectivity index (χ3n) is 1.67. The summed E-state index contributed by atoms with van der Waals surface area (Å²) in [4.78, 5) is 0. The fourth-order valence-electron chi connectivity index (χ4n) is 0.714. The number of aliphatic hydroxyl groups excluding tert-OH is 1. The molecule has 2 N–H and O–H groups in total. The lowest BCUT2D eigenvalue weighted by molar-refractivity contribution is 0.0563. The highest BCUT2D eigenvalue weighted by Crippen LogP contribution is 2.20. The van der Waals surface area contributed by atoms with E-state index in [4.69, 9.17) is 0 Å². The second-order valence-electron chi connectivity index (χ2n) is 3.77. The van der Waals surface area contributed by atoms with Crippen LogP contribution in [0.15, 0.2) is 0 Å². The number of hydrogen-bond acceptors (Lipinski definition) is 2. The van der Waals surface area contributed by atoms with Gasteiger partial charge in [0.15, 0.2) is 0 Å². The van der Waals surface area contributed by atoms with Gasteiger partial charge in [0, 0.05) is 0 Å². The highest BCUT2D eigenvalue weighted by atomic mass is 16.3. The van der Waals surface area contributed by atoms with E-state index in [1.165, 1.54) is 0 Å². The zero-order valence-electron chi connectivity index (χ0n) is 7.44. The SMILES string of the molecule is CNCCC(O)C(C)(C)C. The fourth-order valence-corrected chi connectivity index (χ4v) is 0.714. The van der Waals surface area contributed by atoms with E-state index in [1.807, 2.05) is 27.8 Å². The van der Waals surface area contributed by atoms with E-state index in [0.717, 1.165) is 13.0 Å². The van der Waals surface area contributed by atoms with Gasteiger partial charge in [-0.15, -0.1) is 0 Å². The van der Waals surface area contributed by atoms with Gasteiger partial charge < -0.3 is 10.4 Å².